The van der Waals surface area contributed by atoms with Crippen LogP contribution in [0.15, 0.2) is 5.10 Å². The van der Waals surface area contributed by atoms with E-state index in [1.54, 1.807) is 0 Å². The Hall–Kier alpha value is -1.18. The van der Waals surface area contributed by atoms with Crippen LogP contribution in [0.5, 0.6) is 0 Å². The maximum Gasteiger partial charge on any atom is 0.151 e. The van der Waals surface area contributed by atoms with E-state index in [0.29, 0.717) is 0 Å². The molecular weight excluding hydrogens is 292 g/mol. The van der Waals surface area contributed by atoms with Gasteiger partial charge >= 0.3 is 0 Å². The van der Waals surface area contributed by atoms with Crippen molar-refractivity contribution in [2.24, 2.45) is 10.9 Å². The van der Waals surface area contributed by atoms with Gasteiger partial charge in [-0.05, 0) is 0 Å². The maximum atomic E-state index is 9.76. The summed E-state index contributed by atoms with van der Waals surface area (Å²) in [7, 11) is 0. The molecule has 0 fully saturated rings. The smallest absolute Gasteiger partial charge is 0.151 e. The second kappa shape index (κ2) is 12.6. The van der Waals surface area contributed by atoms with E-state index in [2.05, 4.69) is 10.9 Å². The Balaban J connectivity index is 0. The Kier molecular flexibility index (Phi) is 13.2. The van der Waals surface area contributed by atoms with Crippen LogP contribution >= 0.6 is 0 Å². The van der Waals surface area contributed by atoms with E-state index in [-0.39, 0.29) is 6.29 Å². The van der Waals surface area contributed by atoms with E-state index in [4.69, 9.17) is 40.9 Å². The molecule has 10 N–H and O–H groups in total. The third kappa shape index (κ3) is 9.38. The molecule has 0 saturated heterocycles. The van der Waals surface area contributed by atoms with Crippen LogP contribution in [0, 0.1) is 0 Å². The van der Waals surface area contributed by atoms with Crippen molar-refractivity contribution in [3.63, 3.8) is 0 Å². The van der Waals surface area contributed by atoms with Gasteiger partial charge in [-0.25, -0.2) is 0 Å². The van der Waals surface area contributed by atoms with Gasteiger partial charge in [-0.1, -0.05) is 0 Å². The molecule has 0 aromatic carbocycles. The quantitative estimate of drug-likeness (QED) is 0.0894. The molecule has 0 amide bonds. The number of hydrogen-bond acceptors (Lipinski definition) is 11. The normalized spacial score (nSPS) is 19.8. The summed E-state index contributed by atoms with van der Waals surface area (Å²) in [4.78, 5) is 9.76. The summed E-state index contributed by atoms with van der Waals surface area (Å²) >= 11 is 0. The maximum absolute atomic E-state index is 9.76. The number of aldehydes is 1. The highest BCUT2D eigenvalue weighted by atomic mass is 16.4. The van der Waals surface area contributed by atoms with Crippen molar-refractivity contribution in [2.75, 3.05) is 13.2 Å². The molecule has 0 bridgehead atoms. The van der Waals surface area contributed by atoms with Crippen LogP contribution in [0.25, 0.3) is 0 Å². The van der Waals surface area contributed by atoms with Crippen LogP contribution in [0.4, 0.5) is 0 Å². The standard InChI is InChI=1S/C5H12N2O4.C5H10O5/c6-7-1-3(9)5(11)4(10)2-8;6-1-3(8)5(10)4(9)2-7/h1,3-5,8-11H,2,6H2;1,3-5,7-10H,2H2/t2*3-,4+,5-/m00/s1. The summed E-state index contributed by atoms with van der Waals surface area (Å²) in [6.07, 6.45) is -7.98. The van der Waals surface area contributed by atoms with Crippen molar-refractivity contribution in [1.82, 2.24) is 0 Å². The van der Waals surface area contributed by atoms with Gasteiger partial charge in [-0.15, -0.1) is 0 Å². The lowest BCUT2D eigenvalue weighted by Gasteiger charge is -2.17. The summed E-state index contributed by atoms with van der Waals surface area (Å²) in [5, 5.41) is 71.9. The van der Waals surface area contributed by atoms with Gasteiger partial charge in [0.2, 0.25) is 0 Å². The molecule has 0 heterocycles. The Morgan fingerprint density at radius 3 is 1.52 bits per heavy atom. The Labute approximate surface area is 120 Å². The van der Waals surface area contributed by atoms with Crippen LogP contribution in [0.3, 0.4) is 0 Å². The Bertz CT molecular complexity index is 292. The van der Waals surface area contributed by atoms with E-state index >= 15 is 0 Å². The zero-order valence-electron chi connectivity index (χ0n) is 11.0. The predicted molar refractivity (Wildman–Crippen MR) is 69.0 cm³/mol. The molecule has 0 rings (SSSR count). The van der Waals surface area contributed by atoms with E-state index in [1.807, 2.05) is 0 Å². The molecule has 0 aliphatic rings. The fourth-order valence-electron chi connectivity index (χ4n) is 0.928. The molecule has 11 heteroatoms. The van der Waals surface area contributed by atoms with Crippen molar-refractivity contribution in [3.8, 4) is 0 Å². The molecule has 6 atom stereocenters. The first kappa shape index (κ1) is 22.1. The average Bonchev–Trinajstić information content (AvgIpc) is 2.51. The second-order valence-corrected chi connectivity index (χ2v) is 3.90. The lowest BCUT2D eigenvalue weighted by Crippen LogP contribution is -2.40. The molecule has 0 aliphatic heterocycles. The number of nitrogens with two attached hydrogens (primary N) is 1. The van der Waals surface area contributed by atoms with E-state index in [0.717, 1.165) is 6.21 Å². The van der Waals surface area contributed by atoms with Crippen LogP contribution in [0.1, 0.15) is 0 Å². The number of hydrazone groups is 1. The highest BCUT2D eigenvalue weighted by Gasteiger charge is 2.23. The zero-order chi connectivity index (χ0) is 17.0. The lowest BCUT2D eigenvalue weighted by molar-refractivity contribution is -0.127. The molecule has 126 valence electrons. The molecule has 0 aliphatic carbocycles. The number of aliphatic hydroxyl groups is 8. The summed E-state index contributed by atoms with van der Waals surface area (Å²) in [6, 6.07) is 0. The summed E-state index contributed by atoms with van der Waals surface area (Å²) in [6.45, 7) is -1.32. The van der Waals surface area contributed by atoms with E-state index in [9.17, 15) is 4.79 Å². The first-order chi connectivity index (χ1) is 9.76. The Morgan fingerprint density at radius 1 is 0.857 bits per heavy atom. The van der Waals surface area contributed by atoms with Gasteiger partial charge in [-0.2, -0.15) is 5.10 Å². The third-order valence-corrected chi connectivity index (χ3v) is 2.24. The fourth-order valence-corrected chi connectivity index (χ4v) is 0.928. The largest absolute Gasteiger partial charge is 0.394 e. The number of aliphatic hydroxyl groups excluding tert-OH is 8. The van der Waals surface area contributed by atoms with Crippen molar-refractivity contribution >= 4 is 12.5 Å². The summed E-state index contributed by atoms with van der Waals surface area (Å²) < 4.78 is 0. The highest BCUT2D eigenvalue weighted by molar-refractivity contribution is 5.63. The molecular formula is C10H22N2O9. The first-order valence-electron chi connectivity index (χ1n) is 5.75. The van der Waals surface area contributed by atoms with Gasteiger partial charge in [0.25, 0.3) is 0 Å². The molecule has 0 saturated carbocycles. The van der Waals surface area contributed by atoms with Crippen LogP contribution in [-0.4, -0.2) is 103 Å². The second-order valence-electron chi connectivity index (χ2n) is 3.90. The van der Waals surface area contributed by atoms with Crippen molar-refractivity contribution in [2.45, 2.75) is 36.6 Å². The van der Waals surface area contributed by atoms with Crippen LogP contribution < -0.4 is 5.84 Å². The lowest BCUT2D eigenvalue weighted by atomic mass is 10.1. The van der Waals surface area contributed by atoms with Crippen LogP contribution in [-0.2, 0) is 4.79 Å². The molecule has 0 unspecified atom stereocenters. The van der Waals surface area contributed by atoms with Gasteiger partial charge in [0, 0.05) is 0 Å². The number of carbonyl (C=O) groups excluding carboxylic acids is 1. The monoisotopic (exact) mass is 314 g/mol. The molecule has 0 radical (unpaired) electrons. The minimum Gasteiger partial charge on any atom is -0.394 e. The summed E-state index contributed by atoms with van der Waals surface area (Å²) in [5.74, 6) is 4.66. The number of nitrogens with zero attached hydrogens (tertiary/aromatic N) is 1. The first-order valence-corrected chi connectivity index (χ1v) is 5.75. The molecule has 0 aromatic heterocycles. The SMILES string of the molecule is NN=C[C@H](O)[C@H](O)[C@H](O)CO.O=C[C@H](O)[C@H](O)[C@H](O)CO. The summed E-state index contributed by atoms with van der Waals surface area (Å²) in [5.41, 5.74) is 0. The van der Waals surface area contributed by atoms with Crippen molar-refractivity contribution in [3.05, 3.63) is 0 Å². The van der Waals surface area contributed by atoms with Crippen LogP contribution in [0.2, 0.25) is 0 Å². The highest BCUT2D eigenvalue weighted by Crippen LogP contribution is 1.97. The zero-order valence-corrected chi connectivity index (χ0v) is 11.0. The third-order valence-electron chi connectivity index (χ3n) is 2.24. The van der Waals surface area contributed by atoms with Gasteiger partial charge < -0.3 is 51.5 Å². The average molecular weight is 314 g/mol. The molecule has 0 spiro atoms. The van der Waals surface area contributed by atoms with Gasteiger partial charge in [0.1, 0.15) is 36.6 Å². The fraction of sp³-hybridized carbons (Fsp3) is 0.800. The number of hydrogen-bond donors (Lipinski definition) is 9. The van der Waals surface area contributed by atoms with Crippen molar-refractivity contribution < 1.29 is 45.6 Å². The molecule has 21 heavy (non-hydrogen) atoms. The van der Waals surface area contributed by atoms with E-state index in [1.165, 1.54) is 0 Å². The van der Waals surface area contributed by atoms with Crippen molar-refractivity contribution in [1.29, 1.82) is 0 Å². The minimum atomic E-state index is -1.64. The number of rotatable bonds is 8. The van der Waals surface area contributed by atoms with E-state index < -0.39 is 49.8 Å². The van der Waals surface area contributed by atoms with Gasteiger partial charge in [0.05, 0.1) is 19.4 Å². The van der Waals surface area contributed by atoms with Gasteiger partial charge in [0.15, 0.2) is 6.29 Å². The molecule has 0 aromatic rings. The van der Waals surface area contributed by atoms with Gasteiger partial charge in [-0.3, -0.25) is 0 Å². The topological polar surface area (TPSA) is 217 Å². The molecule has 11 nitrogen and oxygen atoms in total. The minimum absolute atomic E-state index is 0.0869. The predicted octanol–water partition coefficient (Wildman–Crippen LogP) is -5.73. The number of carbonyl (C=O) groups is 1. The Morgan fingerprint density at radius 2 is 1.24 bits per heavy atom.